The van der Waals surface area contributed by atoms with Crippen LogP contribution in [0.4, 0.5) is 11.4 Å². The van der Waals surface area contributed by atoms with Gasteiger partial charge in [-0.05, 0) is 66.8 Å². The van der Waals surface area contributed by atoms with Crippen molar-refractivity contribution >= 4 is 27.3 Å². The molecule has 1 aliphatic rings. The first-order chi connectivity index (χ1) is 10.0. The molecule has 2 unspecified atom stereocenters. The van der Waals surface area contributed by atoms with Crippen LogP contribution in [0, 0.1) is 16.0 Å². The quantitative estimate of drug-likeness (QED) is 0.642. The first kappa shape index (κ1) is 16.2. The van der Waals surface area contributed by atoms with Crippen LogP contribution in [0.15, 0.2) is 22.7 Å². The van der Waals surface area contributed by atoms with E-state index in [1.54, 1.807) is 18.2 Å². The molecule has 1 aliphatic heterocycles. The molecule has 5 nitrogen and oxygen atoms in total. The van der Waals surface area contributed by atoms with Crippen LogP contribution in [0.2, 0.25) is 0 Å². The monoisotopic (exact) mass is 355 g/mol. The number of nitrogens with one attached hydrogen (secondary N) is 1. The van der Waals surface area contributed by atoms with Gasteiger partial charge in [0, 0.05) is 24.3 Å². The summed E-state index contributed by atoms with van der Waals surface area (Å²) >= 11 is 3.26. The van der Waals surface area contributed by atoms with Crippen LogP contribution in [-0.2, 0) is 0 Å². The average molecular weight is 356 g/mol. The maximum Gasteiger partial charge on any atom is 0.283 e. The number of nitro groups is 1. The number of piperidine rings is 1. The highest BCUT2D eigenvalue weighted by atomic mass is 79.9. The molecule has 116 valence electrons. The molecule has 0 bridgehead atoms. The van der Waals surface area contributed by atoms with E-state index in [1.807, 2.05) is 0 Å². The van der Waals surface area contributed by atoms with Gasteiger partial charge in [0.2, 0.25) is 0 Å². The van der Waals surface area contributed by atoms with Crippen LogP contribution >= 0.6 is 15.9 Å². The Balaban J connectivity index is 2.00. The summed E-state index contributed by atoms with van der Waals surface area (Å²) in [5, 5.41) is 14.3. The molecule has 0 saturated carbocycles. The summed E-state index contributed by atoms with van der Waals surface area (Å²) in [6, 6.07) is 5.46. The van der Waals surface area contributed by atoms with Crippen LogP contribution in [0.25, 0.3) is 0 Å². The summed E-state index contributed by atoms with van der Waals surface area (Å²) in [5.74, 6) is 0.618. The van der Waals surface area contributed by atoms with E-state index in [2.05, 4.69) is 40.0 Å². The Morgan fingerprint density at radius 2 is 2.33 bits per heavy atom. The van der Waals surface area contributed by atoms with Crippen molar-refractivity contribution in [1.29, 1.82) is 0 Å². The SMILES string of the molecule is CCN1CCCC(C(C)Nc2ccc([N+](=O)[O-])c(Br)c2)C1. The zero-order valence-corrected chi connectivity index (χ0v) is 14.1. The highest BCUT2D eigenvalue weighted by molar-refractivity contribution is 9.10. The molecule has 1 aromatic rings. The summed E-state index contributed by atoms with van der Waals surface area (Å²) in [6.07, 6.45) is 2.48. The van der Waals surface area contributed by atoms with Gasteiger partial charge in [-0.1, -0.05) is 6.92 Å². The molecule has 1 saturated heterocycles. The molecule has 1 heterocycles. The highest BCUT2D eigenvalue weighted by Crippen LogP contribution is 2.29. The van der Waals surface area contributed by atoms with Crippen LogP contribution in [0.5, 0.6) is 0 Å². The van der Waals surface area contributed by atoms with Gasteiger partial charge in [-0.25, -0.2) is 0 Å². The second-order valence-electron chi connectivity index (χ2n) is 5.65. The molecule has 6 heteroatoms. The van der Waals surface area contributed by atoms with Crippen molar-refractivity contribution < 1.29 is 4.92 Å². The lowest BCUT2D eigenvalue weighted by atomic mass is 9.91. The van der Waals surface area contributed by atoms with E-state index < -0.39 is 0 Å². The van der Waals surface area contributed by atoms with Gasteiger partial charge in [0.1, 0.15) is 0 Å². The molecule has 1 aromatic carbocycles. The number of benzene rings is 1. The number of anilines is 1. The molecule has 0 spiro atoms. The number of nitrogens with zero attached hydrogens (tertiary/aromatic N) is 2. The standard InChI is InChI=1S/C15H22BrN3O2/c1-3-18-8-4-5-12(10-18)11(2)17-13-6-7-15(19(20)21)14(16)9-13/h6-7,9,11-12,17H,3-5,8,10H2,1-2H3. The van der Waals surface area contributed by atoms with Gasteiger partial charge in [-0.2, -0.15) is 0 Å². The fraction of sp³-hybridized carbons (Fsp3) is 0.600. The lowest BCUT2D eigenvalue weighted by Gasteiger charge is -2.35. The Kier molecular flexibility index (Phi) is 5.58. The first-order valence-electron chi connectivity index (χ1n) is 7.44. The minimum Gasteiger partial charge on any atom is -0.382 e. The number of hydrogen-bond acceptors (Lipinski definition) is 4. The van der Waals surface area contributed by atoms with Gasteiger partial charge < -0.3 is 10.2 Å². The van der Waals surface area contributed by atoms with Gasteiger partial charge in [-0.15, -0.1) is 0 Å². The van der Waals surface area contributed by atoms with Crippen LogP contribution in [0.1, 0.15) is 26.7 Å². The Morgan fingerprint density at radius 3 is 2.95 bits per heavy atom. The van der Waals surface area contributed by atoms with Crippen LogP contribution in [0.3, 0.4) is 0 Å². The molecule has 0 amide bonds. The minimum atomic E-state index is -0.377. The predicted molar refractivity (Wildman–Crippen MR) is 88.7 cm³/mol. The number of nitro benzene ring substituents is 1. The number of hydrogen-bond donors (Lipinski definition) is 1. The van der Waals surface area contributed by atoms with Gasteiger partial charge >= 0.3 is 0 Å². The van der Waals surface area contributed by atoms with Gasteiger partial charge in [-0.3, -0.25) is 10.1 Å². The van der Waals surface area contributed by atoms with E-state index in [0.717, 1.165) is 18.8 Å². The smallest absolute Gasteiger partial charge is 0.283 e. The Morgan fingerprint density at radius 1 is 1.57 bits per heavy atom. The lowest BCUT2D eigenvalue weighted by Crippen LogP contribution is -2.41. The zero-order chi connectivity index (χ0) is 15.4. The van der Waals surface area contributed by atoms with Gasteiger partial charge in [0.25, 0.3) is 5.69 Å². The maximum atomic E-state index is 10.8. The fourth-order valence-electron chi connectivity index (χ4n) is 2.91. The lowest BCUT2D eigenvalue weighted by molar-refractivity contribution is -0.385. The summed E-state index contributed by atoms with van der Waals surface area (Å²) < 4.78 is 0.517. The van der Waals surface area contributed by atoms with Crippen LogP contribution in [-0.4, -0.2) is 35.5 Å². The average Bonchev–Trinajstić information content (AvgIpc) is 2.47. The van der Waals surface area contributed by atoms with Crippen molar-refractivity contribution in [1.82, 2.24) is 4.90 Å². The summed E-state index contributed by atoms with van der Waals surface area (Å²) in [5.41, 5.74) is 1.02. The largest absolute Gasteiger partial charge is 0.382 e. The molecule has 1 fully saturated rings. The Bertz CT molecular complexity index is 510. The van der Waals surface area contributed by atoms with E-state index in [-0.39, 0.29) is 10.6 Å². The van der Waals surface area contributed by atoms with E-state index in [1.165, 1.54) is 19.4 Å². The third-order valence-corrected chi connectivity index (χ3v) is 4.87. The van der Waals surface area contributed by atoms with Crippen molar-refractivity contribution in [3.05, 3.63) is 32.8 Å². The summed E-state index contributed by atoms with van der Waals surface area (Å²) in [6.45, 7) is 7.82. The Hall–Kier alpha value is -1.14. The van der Waals surface area contributed by atoms with Crippen molar-refractivity contribution in [3.8, 4) is 0 Å². The molecule has 0 aromatic heterocycles. The van der Waals surface area contributed by atoms with E-state index >= 15 is 0 Å². The van der Waals surface area contributed by atoms with Crippen molar-refractivity contribution in [3.63, 3.8) is 0 Å². The molecule has 21 heavy (non-hydrogen) atoms. The fourth-order valence-corrected chi connectivity index (χ4v) is 3.44. The third kappa shape index (κ3) is 4.17. The van der Waals surface area contributed by atoms with E-state index in [0.29, 0.717) is 16.4 Å². The van der Waals surface area contributed by atoms with Crippen molar-refractivity contribution in [2.45, 2.75) is 32.7 Å². The molecule has 2 rings (SSSR count). The second-order valence-corrected chi connectivity index (χ2v) is 6.51. The summed E-state index contributed by atoms with van der Waals surface area (Å²) in [4.78, 5) is 12.9. The van der Waals surface area contributed by atoms with E-state index in [9.17, 15) is 10.1 Å². The number of halogens is 1. The number of likely N-dealkylation sites (tertiary alicyclic amines) is 1. The summed E-state index contributed by atoms with van der Waals surface area (Å²) in [7, 11) is 0. The highest BCUT2D eigenvalue weighted by Gasteiger charge is 2.24. The minimum absolute atomic E-state index is 0.100. The van der Waals surface area contributed by atoms with Crippen molar-refractivity contribution in [2.75, 3.05) is 25.0 Å². The van der Waals surface area contributed by atoms with Gasteiger partial charge in [0.15, 0.2) is 0 Å². The molecule has 1 N–H and O–H groups in total. The zero-order valence-electron chi connectivity index (χ0n) is 12.5. The maximum absolute atomic E-state index is 10.8. The molecular formula is C15H22BrN3O2. The predicted octanol–water partition coefficient (Wildman–Crippen LogP) is 3.89. The molecule has 0 aliphatic carbocycles. The first-order valence-corrected chi connectivity index (χ1v) is 8.23. The Labute approximate surface area is 134 Å². The van der Waals surface area contributed by atoms with E-state index in [4.69, 9.17) is 0 Å². The topological polar surface area (TPSA) is 58.4 Å². The van der Waals surface area contributed by atoms with Crippen LogP contribution < -0.4 is 5.32 Å². The molecule has 2 atom stereocenters. The van der Waals surface area contributed by atoms with Crippen molar-refractivity contribution in [2.24, 2.45) is 5.92 Å². The van der Waals surface area contributed by atoms with Gasteiger partial charge in [0.05, 0.1) is 9.40 Å². The normalized spacial score (nSPS) is 21.0. The molecule has 0 radical (unpaired) electrons. The third-order valence-electron chi connectivity index (χ3n) is 4.23. The second kappa shape index (κ2) is 7.22. The number of rotatable bonds is 5. The molecular weight excluding hydrogens is 334 g/mol.